The van der Waals surface area contributed by atoms with E-state index in [9.17, 15) is 0 Å². The van der Waals surface area contributed by atoms with Crippen LogP contribution in [0.2, 0.25) is 0 Å². The zero-order chi connectivity index (χ0) is 10.5. The Kier molecular flexibility index (Phi) is 6.11. The number of fused-ring (bicyclic) bond motifs is 1. The molecule has 1 unspecified atom stereocenters. The third-order valence-corrected chi connectivity index (χ3v) is 2.31. The zero-order valence-corrected chi connectivity index (χ0v) is 12.7. The summed E-state index contributed by atoms with van der Waals surface area (Å²) in [5.41, 5.74) is 2.24. The number of aromatic amines is 1. The van der Waals surface area contributed by atoms with Crippen LogP contribution in [0, 0.1) is 6.20 Å². The van der Waals surface area contributed by atoms with E-state index in [0.717, 1.165) is 17.3 Å². The van der Waals surface area contributed by atoms with Crippen molar-refractivity contribution < 1.29 is 33.9 Å². The minimum absolute atomic E-state index is 0. The van der Waals surface area contributed by atoms with E-state index in [2.05, 4.69) is 21.9 Å². The first-order valence-corrected chi connectivity index (χ1v) is 5.41. The largest absolute Gasteiger partial charge is 0.477 e. The molecule has 2 rings (SSSR count). The molecule has 82 valence electrons. The first-order chi connectivity index (χ1) is 7.40. The topological polar surface area (TPSA) is 54.5 Å². The number of aromatic nitrogens is 1. The summed E-state index contributed by atoms with van der Waals surface area (Å²) in [6.45, 7) is 0.438. The first kappa shape index (κ1) is 13.8. The number of hydrogen-bond acceptors (Lipinski definition) is 3. The molecule has 0 spiro atoms. The van der Waals surface area contributed by atoms with E-state index < -0.39 is 9.03 Å². The van der Waals surface area contributed by atoms with Gasteiger partial charge in [0.2, 0.25) is 0 Å². The Morgan fingerprint density at radius 2 is 2.31 bits per heavy atom. The Balaban J connectivity index is 0.00000128. The van der Waals surface area contributed by atoms with E-state index >= 15 is 0 Å². The van der Waals surface area contributed by atoms with Crippen molar-refractivity contribution in [2.75, 3.05) is 6.61 Å². The zero-order valence-electron chi connectivity index (χ0n) is 8.69. The molecule has 1 atom stereocenters. The average Bonchev–Trinajstić information content (AvgIpc) is 2.71. The Bertz CT molecular complexity index is 435. The van der Waals surface area contributed by atoms with Gasteiger partial charge in [-0.3, -0.25) is 0 Å². The van der Waals surface area contributed by atoms with Crippen LogP contribution >= 0.6 is 9.03 Å². The fourth-order valence-electron chi connectivity index (χ4n) is 1.42. The van der Waals surface area contributed by atoms with Crippen molar-refractivity contribution in [3.05, 3.63) is 36.0 Å². The molecule has 0 amide bonds. The average molecular weight is 290 g/mol. The molecular weight excluding hydrogens is 278 g/mol. The molecule has 0 aliphatic carbocycles. The van der Waals surface area contributed by atoms with Gasteiger partial charge >= 0.3 is 0 Å². The van der Waals surface area contributed by atoms with Gasteiger partial charge in [-0.05, 0) is 6.42 Å². The van der Waals surface area contributed by atoms with Crippen LogP contribution < -0.4 is 0 Å². The second-order valence-electron chi connectivity index (χ2n) is 3.08. The van der Waals surface area contributed by atoms with Gasteiger partial charge in [0.05, 0.1) is 6.61 Å². The van der Waals surface area contributed by atoms with Crippen molar-refractivity contribution in [2.45, 2.75) is 6.42 Å². The molecule has 0 radical (unpaired) electrons. The molecule has 0 saturated carbocycles. The Labute approximate surface area is 108 Å². The van der Waals surface area contributed by atoms with E-state index in [0.29, 0.717) is 6.61 Å². The van der Waals surface area contributed by atoms with Crippen molar-refractivity contribution in [2.24, 2.45) is 0 Å². The number of H-pyrrole nitrogens is 1. The molecule has 4 nitrogen and oxygen atoms in total. The Hall–Kier alpha value is -0.307. The summed E-state index contributed by atoms with van der Waals surface area (Å²) in [6.07, 6.45) is 3.68. The normalized spacial score (nSPS) is 11.1. The van der Waals surface area contributed by atoms with E-state index in [1.807, 2.05) is 18.2 Å². The summed E-state index contributed by atoms with van der Waals surface area (Å²) < 4.78 is 4.40. The number of nitrogens with one attached hydrogen (secondary N) is 1. The second-order valence-corrected chi connectivity index (χ2v) is 3.43. The molecule has 0 aliphatic heterocycles. The van der Waals surface area contributed by atoms with Crippen molar-refractivity contribution in [3.8, 4) is 0 Å². The van der Waals surface area contributed by atoms with Crippen LogP contribution in [0.3, 0.4) is 0 Å². The minimum Gasteiger partial charge on any atom is -0.477 e. The third-order valence-electron chi connectivity index (χ3n) is 2.12. The standard InChI is InChI=1S/C10H11NO3P.Zn/c12-15-14-13-6-4-8-1-2-10-9(7-8)3-5-11-10;/h1-3,7,11-12,15H,4,6H2;/q-1;. The van der Waals surface area contributed by atoms with Gasteiger partial charge in [0.25, 0.3) is 0 Å². The SMILES string of the molecule is OPOOCCc1ccc2[nH][c-]cc2c1.[Zn]. The van der Waals surface area contributed by atoms with Crippen LogP contribution in [0.25, 0.3) is 10.9 Å². The smallest absolute Gasteiger partial charge is 0.191 e. The summed E-state index contributed by atoms with van der Waals surface area (Å²) in [6, 6.07) is 8.02. The molecule has 0 fully saturated rings. The molecule has 16 heavy (non-hydrogen) atoms. The van der Waals surface area contributed by atoms with Crippen molar-refractivity contribution >= 4 is 19.9 Å². The van der Waals surface area contributed by atoms with Crippen molar-refractivity contribution in [3.63, 3.8) is 0 Å². The molecule has 0 saturated heterocycles. The summed E-state index contributed by atoms with van der Waals surface area (Å²) in [5.74, 6) is 0. The van der Waals surface area contributed by atoms with Crippen LogP contribution in [0.5, 0.6) is 0 Å². The van der Waals surface area contributed by atoms with Gasteiger partial charge in [-0.1, -0.05) is 11.6 Å². The number of rotatable bonds is 5. The molecule has 6 heteroatoms. The molecule has 1 aromatic carbocycles. The summed E-state index contributed by atoms with van der Waals surface area (Å²) in [5, 5.41) is 1.14. The van der Waals surface area contributed by atoms with Gasteiger partial charge in [0, 0.05) is 19.5 Å². The quantitative estimate of drug-likeness (QED) is 0.221. The van der Waals surface area contributed by atoms with Crippen LogP contribution in [-0.4, -0.2) is 16.5 Å². The van der Waals surface area contributed by atoms with Crippen molar-refractivity contribution in [1.82, 2.24) is 4.98 Å². The predicted octanol–water partition coefficient (Wildman–Crippen LogP) is 1.96. The Morgan fingerprint density at radius 3 is 3.12 bits per heavy atom. The molecule has 2 N–H and O–H groups in total. The predicted molar refractivity (Wildman–Crippen MR) is 58.4 cm³/mol. The maximum absolute atomic E-state index is 8.35. The first-order valence-electron chi connectivity index (χ1n) is 4.55. The van der Waals surface area contributed by atoms with E-state index in [1.165, 1.54) is 5.56 Å². The number of benzene rings is 1. The van der Waals surface area contributed by atoms with Crippen LogP contribution in [0.1, 0.15) is 5.56 Å². The van der Waals surface area contributed by atoms with Gasteiger partial charge in [-0.2, -0.15) is 16.1 Å². The van der Waals surface area contributed by atoms with Crippen LogP contribution in [0.15, 0.2) is 24.3 Å². The summed E-state index contributed by atoms with van der Waals surface area (Å²) in [7, 11) is -0.617. The van der Waals surface area contributed by atoms with Gasteiger partial charge < -0.3 is 9.88 Å². The van der Waals surface area contributed by atoms with E-state index in [4.69, 9.17) is 9.78 Å². The molecule has 2 aromatic rings. The van der Waals surface area contributed by atoms with Gasteiger partial charge in [-0.25, -0.2) is 4.89 Å². The molecule has 1 heterocycles. The fourth-order valence-corrected chi connectivity index (χ4v) is 1.56. The Morgan fingerprint density at radius 1 is 1.44 bits per heavy atom. The van der Waals surface area contributed by atoms with Gasteiger partial charge in [0.15, 0.2) is 9.03 Å². The van der Waals surface area contributed by atoms with Gasteiger partial charge in [0.1, 0.15) is 0 Å². The monoisotopic (exact) mass is 288 g/mol. The summed E-state index contributed by atoms with van der Waals surface area (Å²) in [4.78, 5) is 16.1. The molecular formula is C10H11NO3PZn-. The van der Waals surface area contributed by atoms with Crippen LogP contribution in [0.4, 0.5) is 0 Å². The molecule has 0 bridgehead atoms. The maximum Gasteiger partial charge on any atom is 0.191 e. The molecule has 1 aromatic heterocycles. The molecule has 0 aliphatic rings. The van der Waals surface area contributed by atoms with E-state index in [-0.39, 0.29) is 19.5 Å². The second kappa shape index (κ2) is 7.10. The van der Waals surface area contributed by atoms with Crippen LogP contribution in [-0.2, 0) is 35.5 Å². The maximum atomic E-state index is 8.35. The fraction of sp³-hybridized carbons (Fsp3) is 0.200. The number of hydrogen-bond donors (Lipinski definition) is 2. The van der Waals surface area contributed by atoms with E-state index in [1.54, 1.807) is 0 Å². The minimum atomic E-state index is -0.617. The third kappa shape index (κ3) is 3.62. The van der Waals surface area contributed by atoms with Gasteiger partial charge in [-0.15, -0.1) is 23.8 Å². The summed E-state index contributed by atoms with van der Waals surface area (Å²) >= 11 is 0. The van der Waals surface area contributed by atoms with Crippen molar-refractivity contribution in [1.29, 1.82) is 0 Å².